The van der Waals surface area contributed by atoms with Gasteiger partial charge in [0.2, 0.25) is 0 Å². The number of rotatable bonds is 14. The molecule has 0 saturated carbocycles. The first kappa shape index (κ1) is 33.7. The summed E-state index contributed by atoms with van der Waals surface area (Å²) in [5, 5.41) is 30.8. The van der Waals surface area contributed by atoms with Gasteiger partial charge in [0.25, 0.3) is 5.69 Å². The van der Waals surface area contributed by atoms with E-state index < -0.39 is 29.2 Å². The summed E-state index contributed by atoms with van der Waals surface area (Å²) >= 11 is 3.42. The van der Waals surface area contributed by atoms with Crippen molar-refractivity contribution in [2.45, 2.75) is 32.7 Å². The van der Waals surface area contributed by atoms with Gasteiger partial charge < -0.3 is 34.7 Å². The number of hydrogen-bond acceptors (Lipinski definition) is 11. The lowest BCUT2D eigenvalue weighted by Gasteiger charge is -2.28. The largest absolute Gasteiger partial charge is 0.490 e. The fraction of sp³-hybridized carbons (Fsp3) is 0.258. The van der Waals surface area contributed by atoms with Crippen LogP contribution in [0, 0.1) is 10.1 Å². The molecule has 1 heterocycles. The summed E-state index contributed by atoms with van der Waals surface area (Å²) in [5.41, 5.74) is 5.14. The Balaban J connectivity index is 1.39. The van der Waals surface area contributed by atoms with Gasteiger partial charge in [0, 0.05) is 27.9 Å². The Morgan fingerprint density at radius 1 is 1.11 bits per heavy atom. The van der Waals surface area contributed by atoms with Crippen LogP contribution in [0.3, 0.4) is 0 Å². The molecule has 0 saturated heterocycles. The Hall–Kier alpha value is -5.15. The van der Waals surface area contributed by atoms with E-state index in [0.29, 0.717) is 40.7 Å². The van der Waals surface area contributed by atoms with E-state index in [2.05, 4.69) is 37.1 Å². The van der Waals surface area contributed by atoms with E-state index in [1.807, 2.05) is 0 Å². The fourth-order valence-electron chi connectivity index (χ4n) is 4.44. The molecule has 2 amide bonds. The number of nitrogens with one attached hydrogen (secondary N) is 3. The van der Waals surface area contributed by atoms with Crippen LogP contribution >= 0.6 is 15.9 Å². The maximum atomic E-state index is 12.5. The lowest BCUT2D eigenvalue weighted by atomic mass is 9.95. The van der Waals surface area contributed by atoms with Gasteiger partial charge in [-0.3, -0.25) is 15.5 Å². The molecule has 0 radical (unpaired) electrons. The molecule has 1 aliphatic heterocycles. The second-order valence-electron chi connectivity index (χ2n) is 9.81. The van der Waals surface area contributed by atoms with Crippen LogP contribution in [0.2, 0.25) is 0 Å². The number of benzene rings is 3. The van der Waals surface area contributed by atoms with E-state index in [-0.39, 0.29) is 24.5 Å². The number of nitro groups is 1. The average molecular weight is 699 g/mol. The molecule has 4 N–H and O–H groups in total. The van der Waals surface area contributed by atoms with Crippen molar-refractivity contribution in [2.24, 2.45) is 5.10 Å². The van der Waals surface area contributed by atoms with Crippen molar-refractivity contribution in [3.05, 3.63) is 103 Å². The number of hydrogen-bond donors (Lipinski definition) is 4. The molecule has 4 rings (SSSR count). The molecule has 2 atom stereocenters. The third-order valence-electron chi connectivity index (χ3n) is 6.61. The van der Waals surface area contributed by atoms with E-state index in [9.17, 15) is 24.8 Å². The molecule has 242 valence electrons. The van der Waals surface area contributed by atoms with Crippen LogP contribution in [0.15, 0.2) is 81.5 Å². The van der Waals surface area contributed by atoms with Crippen LogP contribution in [0.25, 0.3) is 0 Å². The summed E-state index contributed by atoms with van der Waals surface area (Å²) in [5.74, 6) is 0.581. The molecule has 0 unspecified atom stereocenters. The van der Waals surface area contributed by atoms with Gasteiger partial charge in [-0.05, 0) is 67.4 Å². The molecular weight excluding hydrogens is 666 g/mol. The van der Waals surface area contributed by atoms with E-state index in [1.165, 1.54) is 25.5 Å². The summed E-state index contributed by atoms with van der Waals surface area (Å²) in [6.45, 7) is 3.69. The van der Waals surface area contributed by atoms with Gasteiger partial charge in [-0.15, -0.1) is 0 Å². The van der Waals surface area contributed by atoms with Gasteiger partial charge in [0.15, 0.2) is 17.7 Å². The SMILES string of the molecule is CCOc1cc([C@@H]2NC(=O)NC(C)=C2C(=O)OC)ccc1OC[C@H](O)N/N=C\c1cc(Br)ccc1OCc1ccc([N+](=O)[O-])cc1. The highest BCUT2D eigenvalue weighted by molar-refractivity contribution is 9.10. The second-order valence-corrected chi connectivity index (χ2v) is 10.7. The standard InChI is InChI=1S/C31H32BrN5O9/c1-4-44-26-14-20(29-28(30(39)43-3)18(2)34-31(40)35-29)7-11-25(26)46-17-27(38)36-33-15-21-13-22(32)8-12-24(21)45-16-19-5-9-23(10-6-19)37(41)42/h5-15,27,29,36,38H,4,16-17H2,1-3H3,(H2,34,35,40)/b33-15-/t27-,29-/m0/s1. The highest BCUT2D eigenvalue weighted by Crippen LogP contribution is 2.35. The molecule has 3 aromatic rings. The average Bonchev–Trinajstić information content (AvgIpc) is 3.03. The smallest absolute Gasteiger partial charge is 0.337 e. The number of halogens is 1. The highest BCUT2D eigenvalue weighted by atomic mass is 79.9. The molecule has 15 heteroatoms. The van der Waals surface area contributed by atoms with Gasteiger partial charge in [-0.25, -0.2) is 9.59 Å². The maximum absolute atomic E-state index is 12.5. The predicted molar refractivity (Wildman–Crippen MR) is 171 cm³/mol. The number of aliphatic hydroxyl groups is 1. The number of urea groups is 1. The van der Waals surface area contributed by atoms with Crippen molar-refractivity contribution in [1.29, 1.82) is 0 Å². The zero-order valence-electron chi connectivity index (χ0n) is 25.1. The molecule has 46 heavy (non-hydrogen) atoms. The Kier molecular flexibility index (Phi) is 11.5. The summed E-state index contributed by atoms with van der Waals surface area (Å²) in [6, 6.07) is 15.1. The Labute approximate surface area is 272 Å². The van der Waals surface area contributed by atoms with Gasteiger partial charge in [0.1, 0.15) is 19.0 Å². The van der Waals surface area contributed by atoms with Crippen LogP contribution in [0.4, 0.5) is 10.5 Å². The molecule has 0 bridgehead atoms. The Bertz CT molecular complexity index is 1650. The minimum atomic E-state index is -1.21. The van der Waals surface area contributed by atoms with Gasteiger partial charge in [0.05, 0.1) is 36.5 Å². The van der Waals surface area contributed by atoms with Crippen LogP contribution in [0.1, 0.15) is 36.6 Å². The normalized spacial score (nSPS) is 15.1. The first-order valence-corrected chi connectivity index (χ1v) is 14.8. The number of esters is 1. The second kappa shape index (κ2) is 15.7. The number of aliphatic hydroxyl groups excluding tert-OH is 1. The summed E-state index contributed by atoms with van der Waals surface area (Å²) in [4.78, 5) is 35.0. The van der Waals surface area contributed by atoms with Crippen molar-refractivity contribution in [3.8, 4) is 17.2 Å². The van der Waals surface area contributed by atoms with Crippen molar-refractivity contribution < 1.29 is 38.6 Å². The molecule has 3 aromatic carbocycles. The lowest BCUT2D eigenvalue weighted by molar-refractivity contribution is -0.384. The number of hydrazone groups is 1. The van der Waals surface area contributed by atoms with E-state index in [4.69, 9.17) is 18.9 Å². The summed E-state index contributed by atoms with van der Waals surface area (Å²) in [7, 11) is 1.26. The van der Waals surface area contributed by atoms with Crippen molar-refractivity contribution in [2.75, 3.05) is 20.3 Å². The molecule has 0 fully saturated rings. The van der Waals surface area contributed by atoms with E-state index in [0.717, 1.165) is 10.0 Å². The summed E-state index contributed by atoms with van der Waals surface area (Å²) < 4.78 is 23.1. The van der Waals surface area contributed by atoms with Crippen molar-refractivity contribution in [3.63, 3.8) is 0 Å². The molecule has 0 spiro atoms. The monoisotopic (exact) mass is 697 g/mol. The maximum Gasteiger partial charge on any atom is 0.337 e. The Morgan fingerprint density at radius 2 is 1.85 bits per heavy atom. The molecule has 1 aliphatic rings. The minimum absolute atomic E-state index is 0.00566. The van der Waals surface area contributed by atoms with Crippen LogP contribution in [-0.2, 0) is 16.1 Å². The highest BCUT2D eigenvalue weighted by Gasteiger charge is 2.32. The third-order valence-corrected chi connectivity index (χ3v) is 7.11. The first-order chi connectivity index (χ1) is 22.1. The van der Waals surface area contributed by atoms with E-state index >= 15 is 0 Å². The molecular formula is C31H32BrN5O9. The topological polar surface area (TPSA) is 183 Å². The van der Waals surface area contributed by atoms with Crippen molar-refractivity contribution >= 4 is 39.8 Å². The number of nitrogens with zero attached hydrogens (tertiary/aromatic N) is 2. The number of allylic oxidation sites excluding steroid dienone is 1. The Morgan fingerprint density at radius 3 is 2.54 bits per heavy atom. The first-order valence-electron chi connectivity index (χ1n) is 14.0. The fourth-order valence-corrected chi connectivity index (χ4v) is 4.82. The number of methoxy groups -OCH3 is 1. The van der Waals surface area contributed by atoms with Gasteiger partial charge in [-0.1, -0.05) is 22.0 Å². The summed E-state index contributed by atoms with van der Waals surface area (Å²) in [6.07, 6.45) is 0.267. The number of carbonyl (C=O) groups excluding carboxylic acids is 2. The quantitative estimate of drug-likeness (QED) is 0.0617. The number of ether oxygens (including phenoxy) is 4. The lowest BCUT2D eigenvalue weighted by Crippen LogP contribution is -2.45. The number of non-ortho nitro benzene ring substituents is 1. The molecule has 0 aliphatic carbocycles. The van der Waals surface area contributed by atoms with Crippen LogP contribution < -0.4 is 30.3 Å². The predicted octanol–water partition coefficient (Wildman–Crippen LogP) is 4.46. The van der Waals surface area contributed by atoms with Crippen molar-refractivity contribution in [1.82, 2.24) is 16.1 Å². The number of carbonyl (C=O) groups is 2. The van der Waals surface area contributed by atoms with Gasteiger partial charge in [-0.2, -0.15) is 5.10 Å². The van der Waals surface area contributed by atoms with Crippen LogP contribution in [0.5, 0.6) is 17.2 Å². The number of nitro benzene ring substituents is 1. The molecule has 14 nitrogen and oxygen atoms in total. The molecule has 0 aromatic heterocycles. The van der Waals surface area contributed by atoms with Crippen LogP contribution in [-0.4, -0.2) is 54.8 Å². The number of amides is 2. The zero-order chi connectivity index (χ0) is 33.2. The van der Waals surface area contributed by atoms with Gasteiger partial charge >= 0.3 is 12.0 Å². The zero-order valence-corrected chi connectivity index (χ0v) is 26.7. The minimum Gasteiger partial charge on any atom is -0.490 e. The third kappa shape index (κ3) is 8.73. The van der Waals surface area contributed by atoms with E-state index in [1.54, 1.807) is 62.4 Å².